The molecule has 0 bridgehead atoms. The smallest absolute Gasteiger partial charge is 0.222 e. The third kappa shape index (κ3) is 4.27. The van der Waals surface area contributed by atoms with Crippen molar-refractivity contribution in [2.45, 2.75) is 59.9 Å². The standard InChI is InChI=1S/C15H30N2O/c1-11(2)13(16)10-17-9-8-12(15(3,4)5)6-7-14(17)18/h11-13H,6-10,16H2,1-5H3. The van der Waals surface area contributed by atoms with E-state index in [4.69, 9.17) is 5.73 Å². The minimum Gasteiger partial charge on any atom is -0.341 e. The highest BCUT2D eigenvalue weighted by atomic mass is 16.2. The fourth-order valence-electron chi connectivity index (χ4n) is 2.56. The highest BCUT2D eigenvalue weighted by molar-refractivity contribution is 5.76. The first-order valence-corrected chi connectivity index (χ1v) is 7.25. The van der Waals surface area contributed by atoms with Crippen molar-refractivity contribution in [1.82, 2.24) is 4.90 Å². The van der Waals surface area contributed by atoms with Crippen molar-refractivity contribution in [3.05, 3.63) is 0 Å². The van der Waals surface area contributed by atoms with Gasteiger partial charge >= 0.3 is 0 Å². The summed E-state index contributed by atoms with van der Waals surface area (Å²) in [5.41, 5.74) is 6.39. The molecule has 2 atom stereocenters. The van der Waals surface area contributed by atoms with Gasteiger partial charge in [-0.2, -0.15) is 0 Å². The van der Waals surface area contributed by atoms with Crippen LogP contribution >= 0.6 is 0 Å². The van der Waals surface area contributed by atoms with Gasteiger partial charge in [-0.15, -0.1) is 0 Å². The average Bonchev–Trinajstić information content (AvgIpc) is 2.41. The number of amides is 1. The van der Waals surface area contributed by atoms with E-state index in [0.717, 1.165) is 19.4 Å². The number of nitrogens with two attached hydrogens (primary N) is 1. The first kappa shape index (κ1) is 15.5. The molecule has 1 rings (SSSR count). The van der Waals surface area contributed by atoms with E-state index in [1.807, 2.05) is 4.90 Å². The predicted octanol–water partition coefficient (Wildman–Crippen LogP) is 2.64. The van der Waals surface area contributed by atoms with Crippen molar-refractivity contribution in [3.8, 4) is 0 Å². The summed E-state index contributed by atoms with van der Waals surface area (Å²) in [5, 5.41) is 0. The molecule has 0 aromatic heterocycles. The summed E-state index contributed by atoms with van der Waals surface area (Å²) < 4.78 is 0. The number of carbonyl (C=O) groups is 1. The molecule has 1 saturated heterocycles. The first-order valence-electron chi connectivity index (χ1n) is 7.25. The van der Waals surface area contributed by atoms with Gasteiger partial charge in [0.15, 0.2) is 0 Å². The van der Waals surface area contributed by atoms with Crippen LogP contribution in [0.1, 0.15) is 53.9 Å². The second kappa shape index (κ2) is 6.05. The lowest BCUT2D eigenvalue weighted by Gasteiger charge is -2.30. The van der Waals surface area contributed by atoms with Gasteiger partial charge in [-0.05, 0) is 30.1 Å². The summed E-state index contributed by atoms with van der Waals surface area (Å²) >= 11 is 0. The van der Waals surface area contributed by atoms with Gasteiger partial charge in [0.25, 0.3) is 0 Å². The van der Waals surface area contributed by atoms with E-state index in [-0.39, 0.29) is 11.9 Å². The van der Waals surface area contributed by atoms with Gasteiger partial charge < -0.3 is 10.6 Å². The molecule has 2 N–H and O–H groups in total. The highest BCUT2D eigenvalue weighted by Crippen LogP contribution is 2.34. The molecule has 0 aliphatic carbocycles. The Labute approximate surface area is 112 Å². The van der Waals surface area contributed by atoms with E-state index in [1.54, 1.807) is 0 Å². The molecule has 1 amide bonds. The van der Waals surface area contributed by atoms with Crippen molar-refractivity contribution in [1.29, 1.82) is 0 Å². The van der Waals surface area contributed by atoms with E-state index in [2.05, 4.69) is 34.6 Å². The second-order valence-electron chi connectivity index (χ2n) is 7.14. The van der Waals surface area contributed by atoms with E-state index < -0.39 is 0 Å². The molecule has 3 heteroatoms. The predicted molar refractivity (Wildman–Crippen MR) is 76.2 cm³/mol. The Balaban J connectivity index is 2.60. The number of hydrogen-bond acceptors (Lipinski definition) is 2. The van der Waals surface area contributed by atoms with Crippen LogP contribution < -0.4 is 5.73 Å². The number of hydrogen-bond donors (Lipinski definition) is 1. The molecule has 1 aliphatic rings. The quantitative estimate of drug-likeness (QED) is 0.841. The van der Waals surface area contributed by atoms with E-state index in [0.29, 0.717) is 30.2 Å². The lowest BCUT2D eigenvalue weighted by molar-refractivity contribution is -0.131. The summed E-state index contributed by atoms with van der Waals surface area (Å²) in [6.07, 6.45) is 2.82. The Bertz CT molecular complexity index is 281. The molecule has 0 saturated carbocycles. The average molecular weight is 254 g/mol. The summed E-state index contributed by atoms with van der Waals surface area (Å²) in [4.78, 5) is 14.1. The topological polar surface area (TPSA) is 46.3 Å². The van der Waals surface area contributed by atoms with Crippen LogP contribution in [0.4, 0.5) is 0 Å². The molecule has 2 unspecified atom stereocenters. The molecule has 0 aromatic carbocycles. The third-order valence-corrected chi connectivity index (χ3v) is 4.32. The van der Waals surface area contributed by atoms with Crippen LogP contribution in [0.25, 0.3) is 0 Å². The van der Waals surface area contributed by atoms with Gasteiger partial charge in [0.05, 0.1) is 0 Å². The van der Waals surface area contributed by atoms with Crippen molar-refractivity contribution in [3.63, 3.8) is 0 Å². The highest BCUT2D eigenvalue weighted by Gasteiger charge is 2.30. The third-order valence-electron chi connectivity index (χ3n) is 4.32. The summed E-state index contributed by atoms with van der Waals surface area (Å²) in [6, 6.07) is 0.0973. The van der Waals surface area contributed by atoms with E-state index in [1.165, 1.54) is 0 Å². The van der Waals surface area contributed by atoms with E-state index >= 15 is 0 Å². The molecule has 1 heterocycles. The molecule has 0 radical (unpaired) electrons. The maximum atomic E-state index is 12.1. The van der Waals surface area contributed by atoms with Crippen molar-refractivity contribution in [2.75, 3.05) is 13.1 Å². The van der Waals surface area contributed by atoms with Crippen LogP contribution in [0.15, 0.2) is 0 Å². The zero-order valence-electron chi connectivity index (χ0n) is 12.7. The van der Waals surface area contributed by atoms with Gasteiger partial charge in [0.1, 0.15) is 0 Å². The monoisotopic (exact) mass is 254 g/mol. The number of likely N-dealkylation sites (tertiary alicyclic amines) is 1. The molecular weight excluding hydrogens is 224 g/mol. The number of nitrogens with zero attached hydrogens (tertiary/aromatic N) is 1. The lowest BCUT2D eigenvalue weighted by Crippen LogP contribution is -2.43. The fourth-order valence-corrected chi connectivity index (χ4v) is 2.56. The Morgan fingerprint density at radius 2 is 1.94 bits per heavy atom. The zero-order valence-corrected chi connectivity index (χ0v) is 12.7. The molecule has 3 nitrogen and oxygen atoms in total. The van der Waals surface area contributed by atoms with Gasteiger partial charge in [-0.1, -0.05) is 34.6 Å². The normalized spacial score (nSPS) is 24.3. The van der Waals surface area contributed by atoms with E-state index in [9.17, 15) is 4.79 Å². The molecule has 106 valence electrons. The molecule has 1 aliphatic heterocycles. The van der Waals surface area contributed by atoms with Crippen LogP contribution in [0.5, 0.6) is 0 Å². The van der Waals surface area contributed by atoms with Crippen LogP contribution in [0.2, 0.25) is 0 Å². The van der Waals surface area contributed by atoms with Crippen LogP contribution in [0.3, 0.4) is 0 Å². The molecule has 0 spiro atoms. The Hall–Kier alpha value is -0.570. The van der Waals surface area contributed by atoms with Crippen molar-refractivity contribution in [2.24, 2.45) is 23.0 Å². The lowest BCUT2D eigenvalue weighted by atomic mass is 9.77. The van der Waals surface area contributed by atoms with Gasteiger partial charge in [0, 0.05) is 25.6 Å². The van der Waals surface area contributed by atoms with Crippen LogP contribution in [-0.2, 0) is 4.79 Å². The summed E-state index contributed by atoms with van der Waals surface area (Å²) in [6.45, 7) is 12.7. The Kier molecular flexibility index (Phi) is 5.20. The van der Waals surface area contributed by atoms with Crippen LogP contribution in [-0.4, -0.2) is 29.9 Å². The molecule has 0 aromatic rings. The SMILES string of the molecule is CC(C)C(N)CN1CCC(C(C)(C)C)CCC1=O. The van der Waals surface area contributed by atoms with Gasteiger partial charge in [-0.25, -0.2) is 0 Å². The maximum Gasteiger partial charge on any atom is 0.222 e. The summed E-state index contributed by atoms with van der Waals surface area (Å²) in [5.74, 6) is 1.36. The minimum atomic E-state index is 0.0973. The van der Waals surface area contributed by atoms with Crippen LogP contribution in [0, 0.1) is 17.3 Å². The molecular formula is C15H30N2O. The second-order valence-corrected chi connectivity index (χ2v) is 7.14. The number of rotatable bonds is 3. The molecule has 1 fully saturated rings. The largest absolute Gasteiger partial charge is 0.341 e. The minimum absolute atomic E-state index is 0.0973. The Morgan fingerprint density at radius 1 is 1.33 bits per heavy atom. The first-order chi connectivity index (χ1) is 8.21. The molecule has 18 heavy (non-hydrogen) atoms. The van der Waals surface area contributed by atoms with Gasteiger partial charge in [0.2, 0.25) is 5.91 Å². The maximum absolute atomic E-state index is 12.1. The Morgan fingerprint density at radius 3 is 2.44 bits per heavy atom. The van der Waals surface area contributed by atoms with Crippen molar-refractivity contribution < 1.29 is 4.79 Å². The van der Waals surface area contributed by atoms with Crippen molar-refractivity contribution >= 4 is 5.91 Å². The fraction of sp³-hybridized carbons (Fsp3) is 0.933. The van der Waals surface area contributed by atoms with Gasteiger partial charge in [-0.3, -0.25) is 4.79 Å². The zero-order chi connectivity index (χ0) is 13.9. The number of carbonyl (C=O) groups excluding carboxylic acids is 1. The summed E-state index contributed by atoms with van der Waals surface area (Å²) in [7, 11) is 0.